The molecule has 34 heavy (non-hydrogen) atoms. The molecule has 0 spiro atoms. The van der Waals surface area contributed by atoms with E-state index in [1.807, 2.05) is 66.7 Å². The highest BCUT2D eigenvalue weighted by atomic mass is 32.2. The highest BCUT2D eigenvalue weighted by Gasteiger charge is 2.30. The highest BCUT2D eigenvalue weighted by Crippen LogP contribution is 2.46. The van der Waals surface area contributed by atoms with Crippen molar-refractivity contribution < 1.29 is 19.1 Å². The van der Waals surface area contributed by atoms with E-state index in [0.717, 1.165) is 28.3 Å². The van der Waals surface area contributed by atoms with Gasteiger partial charge in [-0.3, -0.25) is 9.59 Å². The lowest BCUT2D eigenvalue weighted by Gasteiger charge is -2.22. The summed E-state index contributed by atoms with van der Waals surface area (Å²) < 4.78 is 10.8. The van der Waals surface area contributed by atoms with Crippen LogP contribution in [0.5, 0.6) is 11.5 Å². The van der Waals surface area contributed by atoms with Crippen LogP contribution in [0.4, 0.5) is 11.4 Å². The lowest BCUT2D eigenvalue weighted by atomic mass is 10.1. The molecule has 6 nitrogen and oxygen atoms in total. The van der Waals surface area contributed by atoms with Gasteiger partial charge in [0.1, 0.15) is 6.54 Å². The maximum absolute atomic E-state index is 13.4. The second kappa shape index (κ2) is 10.7. The maximum atomic E-state index is 13.4. The zero-order valence-corrected chi connectivity index (χ0v) is 20.4. The molecule has 7 heteroatoms. The molecule has 1 atom stereocenters. The summed E-state index contributed by atoms with van der Waals surface area (Å²) in [7, 11) is 3.19. The highest BCUT2D eigenvalue weighted by molar-refractivity contribution is 7.99. The second-order valence-corrected chi connectivity index (χ2v) is 9.22. The van der Waals surface area contributed by atoms with Gasteiger partial charge in [0.05, 0.1) is 19.9 Å². The molecule has 2 amide bonds. The number of thioether (sulfide) groups is 1. The van der Waals surface area contributed by atoms with E-state index in [9.17, 15) is 9.59 Å². The number of amides is 2. The lowest BCUT2D eigenvalue weighted by Crippen LogP contribution is -2.38. The van der Waals surface area contributed by atoms with E-state index in [2.05, 4.69) is 12.2 Å². The second-order valence-electron chi connectivity index (χ2n) is 7.97. The number of fused-ring (bicyclic) bond motifs is 1. The molecule has 1 aliphatic heterocycles. The predicted octanol–water partition coefficient (Wildman–Crippen LogP) is 5.48. The third kappa shape index (κ3) is 5.20. The van der Waals surface area contributed by atoms with E-state index in [1.165, 1.54) is 5.56 Å². The first-order valence-electron chi connectivity index (χ1n) is 11.2. The van der Waals surface area contributed by atoms with Gasteiger partial charge in [-0.1, -0.05) is 37.3 Å². The monoisotopic (exact) mass is 476 g/mol. The molecule has 3 aromatic carbocycles. The van der Waals surface area contributed by atoms with Crippen molar-refractivity contribution in [2.75, 3.05) is 31.0 Å². The number of nitrogens with zero attached hydrogens (tertiary/aromatic N) is 1. The Morgan fingerprint density at radius 3 is 2.47 bits per heavy atom. The molecule has 1 heterocycles. The van der Waals surface area contributed by atoms with Crippen molar-refractivity contribution in [3.05, 3.63) is 77.9 Å². The molecule has 1 N–H and O–H groups in total. The first kappa shape index (κ1) is 23.7. The van der Waals surface area contributed by atoms with Gasteiger partial charge in [0, 0.05) is 22.3 Å². The van der Waals surface area contributed by atoms with Gasteiger partial charge in [0.25, 0.3) is 0 Å². The Bertz CT molecular complexity index is 1180. The van der Waals surface area contributed by atoms with Crippen LogP contribution in [0, 0.1) is 0 Å². The van der Waals surface area contributed by atoms with Gasteiger partial charge in [-0.15, -0.1) is 11.8 Å². The van der Waals surface area contributed by atoms with Crippen LogP contribution in [0.3, 0.4) is 0 Å². The Labute approximate surface area is 204 Å². The summed E-state index contributed by atoms with van der Waals surface area (Å²) in [4.78, 5) is 28.8. The number of rotatable bonds is 7. The summed E-state index contributed by atoms with van der Waals surface area (Å²) in [5.41, 5.74) is 3.63. The van der Waals surface area contributed by atoms with Crippen molar-refractivity contribution >= 4 is 35.0 Å². The summed E-state index contributed by atoms with van der Waals surface area (Å²) in [6.07, 6.45) is 1.19. The zero-order chi connectivity index (χ0) is 24.1. The van der Waals surface area contributed by atoms with Crippen LogP contribution in [0.1, 0.15) is 29.7 Å². The third-order valence-electron chi connectivity index (χ3n) is 5.81. The number of aryl methyl sites for hydroxylation is 1. The Morgan fingerprint density at radius 2 is 1.76 bits per heavy atom. The minimum Gasteiger partial charge on any atom is -0.493 e. The van der Waals surface area contributed by atoms with Gasteiger partial charge >= 0.3 is 0 Å². The standard InChI is InChI=1S/C27H28N2O4S/c1-4-18-9-12-20(13-10-18)28-26(30)17-29-21-7-5-6-8-24(21)34-25(16-27(29)31)19-11-14-22(32-2)23(15-19)33-3/h5-15,25H,4,16-17H2,1-3H3,(H,28,30). The largest absolute Gasteiger partial charge is 0.493 e. The topological polar surface area (TPSA) is 67.9 Å². The fourth-order valence-electron chi connectivity index (χ4n) is 3.96. The number of hydrogen-bond donors (Lipinski definition) is 1. The Kier molecular flexibility index (Phi) is 7.43. The number of hydrogen-bond acceptors (Lipinski definition) is 5. The summed E-state index contributed by atoms with van der Waals surface area (Å²) >= 11 is 1.62. The van der Waals surface area contributed by atoms with E-state index in [1.54, 1.807) is 30.9 Å². The number of para-hydroxylation sites is 1. The molecule has 0 radical (unpaired) electrons. The molecule has 4 rings (SSSR count). The molecule has 0 fully saturated rings. The number of benzene rings is 3. The van der Waals surface area contributed by atoms with E-state index < -0.39 is 0 Å². The van der Waals surface area contributed by atoms with Crippen LogP contribution in [-0.2, 0) is 16.0 Å². The normalized spacial score (nSPS) is 15.3. The van der Waals surface area contributed by atoms with E-state index in [0.29, 0.717) is 11.5 Å². The summed E-state index contributed by atoms with van der Waals surface area (Å²) in [5, 5.41) is 2.79. The fourth-order valence-corrected chi connectivity index (χ4v) is 5.23. The maximum Gasteiger partial charge on any atom is 0.244 e. The van der Waals surface area contributed by atoms with Crippen molar-refractivity contribution in [3.8, 4) is 11.5 Å². The molecule has 176 valence electrons. The van der Waals surface area contributed by atoms with Gasteiger partial charge in [0.15, 0.2) is 11.5 Å². The number of ether oxygens (including phenoxy) is 2. The molecule has 3 aromatic rings. The van der Waals surface area contributed by atoms with Gasteiger partial charge < -0.3 is 19.7 Å². The Morgan fingerprint density at radius 1 is 1.03 bits per heavy atom. The van der Waals surface area contributed by atoms with Gasteiger partial charge in [0.2, 0.25) is 11.8 Å². The fraction of sp³-hybridized carbons (Fsp3) is 0.259. The van der Waals surface area contributed by atoms with Crippen molar-refractivity contribution in [1.82, 2.24) is 0 Å². The smallest absolute Gasteiger partial charge is 0.244 e. The number of carbonyl (C=O) groups excluding carboxylic acids is 2. The third-order valence-corrected chi connectivity index (χ3v) is 7.14. The first-order valence-corrected chi connectivity index (χ1v) is 12.1. The molecule has 0 aromatic heterocycles. The minimum atomic E-state index is -0.234. The van der Waals surface area contributed by atoms with Crippen LogP contribution in [0.2, 0.25) is 0 Å². The summed E-state index contributed by atoms with van der Waals surface area (Å²) in [6.45, 7) is 2.04. The van der Waals surface area contributed by atoms with Crippen LogP contribution in [0.15, 0.2) is 71.6 Å². The van der Waals surface area contributed by atoms with Crippen molar-refractivity contribution in [2.24, 2.45) is 0 Å². The quantitative estimate of drug-likeness (QED) is 0.489. The average Bonchev–Trinajstić information content (AvgIpc) is 3.00. The van der Waals surface area contributed by atoms with E-state index >= 15 is 0 Å². The van der Waals surface area contributed by atoms with Crippen LogP contribution < -0.4 is 19.7 Å². The zero-order valence-electron chi connectivity index (χ0n) is 19.5. The summed E-state index contributed by atoms with van der Waals surface area (Å²) in [6, 6.07) is 21.2. The SMILES string of the molecule is CCc1ccc(NC(=O)CN2C(=O)CC(c3ccc(OC)c(OC)c3)Sc3ccccc32)cc1. The average molecular weight is 477 g/mol. The molecule has 1 unspecified atom stereocenters. The number of carbonyl (C=O) groups is 2. The van der Waals surface area contributed by atoms with Crippen LogP contribution in [-0.4, -0.2) is 32.6 Å². The van der Waals surface area contributed by atoms with Crippen LogP contribution >= 0.6 is 11.8 Å². The molecule has 0 aliphatic carbocycles. The van der Waals surface area contributed by atoms with Crippen molar-refractivity contribution in [2.45, 2.75) is 29.9 Å². The minimum absolute atomic E-state index is 0.0510. The molecule has 0 saturated carbocycles. The van der Waals surface area contributed by atoms with E-state index in [4.69, 9.17) is 9.47 Å². The van der Waals surface area contributed by atoms with E-state index in [-0.39, 0.29) is 30.0 Å². The first-order chi connectivity index (χ1) is 16.5. The van der Waals surface area contributed by atoms with Gasteiger partial charge in [-0.2, -0.15) is 0 Å². The van der Waals surface area contributed by atoms with Crippen LogP contribution in [0.25, 0.3) is 0 Å². The molecule has 0 saturated heterocycles. The van der Waals surface area contributed by atoms with Crippen molar-refractivity contribution in [1.29, 1.82) is 0 Å². The molecular weight excluding hydrogens is 448 g/mol. The summed E-state index contributed by atoms with van der Waals surface area (Å²) in [5.74, 6) is 0.924. The number of nitrogens with one attached hydrogen (secondary N) is 1. The number of methoxy groups -OCH3 is 2. The number of anilines is 2. The van der Waals surface area contributed by atoms with Gasteiger partial charge in [-0.25, -0.2) is 0 Å². The predicted molar refractivity (Wildman–Crippen MR) is 136 cm³/mol. The molecule has 1 aliphatic rings. The lowest BCUT2D eigenvalue weighted by molar-refractivity contribution is -0.121. The Hall–Kier alpha value is -3.45. The van der Waals surface area contributed by atoms with Crippen molar-refractivity contribution in [3.63, 3.8) is 0 Å². The van der Waals surface area contributed by atoms with Gasteiger partial charge in [-0.05, 0) is 53.9 Å². The Balaban J connectivity index is 1.57. The molecular formula is C27H28N2O4S. The molecule has 0 bridgehead atoms.